The van der Waals surface area contributed by atoms with E-state index in [1.54, 1.807) is 17.0 Å². The van der Waals surface area contributed by atoms with E-state index in [2.05, 4.69) is 5.32 Å². The zero-order chi connectivity index (χ0) is 25.4. The largest absolute Gasteiger partial charge is 0.354 e. The second kappa shape index (κ2) is 12.8. The zero-order valence-electron chi connectivity index (χ0n) is 20.4. The lowest BCUT2D eigenvalue weighted by Crippen LogP contribution is -2.51. The molecule has 0 saturated carbocycles. The molecule has 0 bridgehead atoms. The number of hydrogen-bond acceptors (Lipinski definition) is 2. The number of carbonyl (C=O) groups is 2. The number of benzene rings is 3. The summed E-state index contributed by atoms with van der Waals surface area (Å²) in [6, 6.07) is 22.3. The van der Waals surface area contributed by atoms with E-state index in [0.717, 1.165) is 22.3 Å². The Bertz CT molecular complexity index is 1150. The summed E-state index contributed by atoms with van der Waals surface area (Å²) >= 11 is 12.4. The summed E-state index contributed by atoms with van der Waals surface area (Å²) in [5.74, 6) is 0.00495. The van der Waals surface area contributed by atoms with Crippen LogP contribution in [0.15, 0.2) is 72.8 Å². The summed E-state index contributed by atoms with van der Waals surface area (Å²) in [4.78, 5) is 28.9. The number of halogens is 2. The summed E-state index contributed by atoms with van der Waals surface area (Å²) in [6.07, 6.45) is 0.609. The maximum atomic E-state index is 13.7. The fraction of sp³-hybridized carbons (Fsp3) is 0.310. The number of rotatable bonds is 10. The minimum atomic E-state index is -0.678. The maximum Gasteiger partial charge on any atom is 0.243 e. The Morgan fingerprint density at radius 1 is 0.857 bits per heavy atom. The van der Waals surface area contributed by atoms with Crippen molar-refractivity contribution in [1.82, 2.24) is 10.2 Å². The number of amides is 2. The number of carbonyl (C=O) groups excluding carboxylic acids is 2. The summed E-state index contributed by atoms with van der Waals surface area (Å²) in [5, 5.41) is 3.90. The molecule has 1 N–H and O–H groups in total. The minimum Gasteiger partial charge on any atom is -0.354 e. The standard InChI is InChI=1S/C29H32Cl2N2O2/c1-20(2)18-32-29(35)27(16-22-9-5-4-6-10-22)33(19-24-12-13-25(30)26(31)15-24)28(34)17-23-11-7-8-21(3)14-23/h4-15,20,27H,16-19H2,1-3H3,(H,32,35)/t27-/m0/s1. The molecule has 4 nitrogen and oxygen atoms in total. The summed E-state index contributed by atoms with van der Waals surface area (Å²) in [5.41, 5.74) is 3.79. The third-order valence-corrected chi connectivity index (χ3v) is 6.47. The SMILES string of the molecule is Cc1cccc(CC(=O)N(Cc2ccc(Cl)c(Cl)c2)[C@@H](Cc2ccccc2)C(=O)NCC(C)C)c1. The molecule has 0 aliphatic carbocycles. The van der Waals surface area contributed by atoms with Gasteiger partial charge < -0.3 is 10.2 Å². The molecule has 2 amide bonds. The molecule has 0 unspecified atom stereocenters. The molecule has 1 atom stereocenters. The Kier molecular flexibility index (Phi) is 9.76. The van der Waals surface area contributed by atoms with Crippen molar-refractivity contribution < 1.29 is 9.59 Å². The highest BCUT2D eigenvalue weighted by atomic mass is 35.5. The molecular formula is C29H32Cl2N2O2. The molecule has 3 aromatic rings. The Morgan fingerprint density at radius 2 is 1.57 bits per heavy atom. The van der Waals surface area contributed by atoms with Gasteiger partial charge in [-0.3, -0.25) is 9.59 Å². The Labute approximate surface area is 218 Å². The lowest BCUT2D eigenvalue weighted by Gasteiger charge is -2.32. The first-order valence-corrected chi connectivity index (χ1v) is 12.6. The predicted octanol–water partition coefficient (Wildman–Crippen LogP) is 6.26. The quantitative estimate of drug-likeness (QED) is 0.350. The first-order valence-electron chi connectivity index (χ1n) is 11.8. The third-order valence-electron chi connectivity index (χ3n) is 5.73. The van der Waals surface area contributed by atoms with Crippen LogP contribution in [0.5, 0.6) is 0 Å². The molecule has 0 saturated heterocycles. The van der Waals surface area contributed by atoms with E-state index in [9.17, 15) is 9.59 Å². The van der Waals surface area contributed by atoms with Gasteiger partial charge in [0, 0.05) is 19.5 Å². The van der Waals surface area contributed by atoms with E-state index in [4.69, 9.17) is 23.2 Å². The predicted molar refractivity (Wildman–Crippen MR) is 144 cm³/mol. The average Bonchev–Trinajstić information content (AvgIpc) is 2.82. The van der Waals surface area contributed by atoms with E-state index in [1.807, 2.05) is 81.4 Å². The molecule has 3 rings (SSSR count). The summed E-state index contributed by atoms with van der Waals surface area (Å²) in [7, 11) is 0. The Morgan fingerprint density at radius 3 is 2.23 bits per heavy atom. The van der Waals surface area contributed by atoms with Gasteiger partial charge in [-0.1, -0.05) is 103 Å². The van der Waals surface area contributed by atoms with Crippen LogP contribution in [0.1, 0.15) is 36.1 Å². The monoisotopic (exact) mass is 510 g/mol. The van der Waals surface area contributed by atoms with Gasteiger partial charge in [0.15, 0.2) is 0 Å². The van der Waals surface area contributed by atoms with Gasteiger partial charge >= 0.3 is 0 Å². The molecule has 0 aliphatic rings. The number of hydrogen-bond donors (Lipinski definition) is 1. The van der Waals surface area contributed by atoms with Crippen LogP contribution in [0.25, 0.3) is 0 Å². The van der Waals surface area contributed by atoms with Crippen molar-refractivity contribution >= 4 is 35.0 Å². The minimum absolute atomic E-state index is 0.123. The Hall–Kier alpha value is -2.82. The molecule has 0 aliphatic heterocycles. The van der Waals surface area contributed by atoms with Crippen LogP contribution in [0.4, 0.5) is 0 Å². The van der Waals surface area contributed by atoms with Gasteiger partial charge in [-0.25, -0.2) is 0 Å². The van der Waals surface area contributed by atoms with Crippen molar-refractivity contribution in [2.45, 2.75) is 46.2 Å². The molecule has 0 heterocycles. The molecule has 184 valence electrons. The molecular weight excluding hydrogens is 479 g/mol. The van der Waals surface area contributed by atoms with Crippen molar-refractivity contribution in [3.63, 3.8) is 0 Å². The van der Waals surface area contributed by atoms with E-state index in [0.29, 0.717) is 28.9 Å². The second-order valence-corrected chi connectivity index (χ2v) is 10.1. The third kappa shape index (κ3) is 8.12. The smallest absolute Gasteiger partial charge is 0.243 e. The van der Waals surface area contributed by atoms with Crippen LogP contribution in [0, 0.1) is 12.8 Å². The molecule has 0 aromatic heterocycles. The zero-order valence-corrected chi connectivity index (χ0v) is 21.9. The van der Waals surface area contributed by atoms with Crippen molar-refractivity contribution in [2.24, 2.45) is 5.92 Å². The lowest BCUT2D eigenvalue weighted by atomic mass is 10.0. The second-order valence-electron chi connectivity index (χ2n) is 9.28. The summed E-state index contributed by atoms with van der Waals surface area (Å²) < 4.78 is 0. The van der Waals surface area contributed by atoms with Gasteiger partial charge in [0.1, 0.15) is 6.04 Å². The highest BCUT2D eigenvalue weighted by molar-refractivity contribution is 6.42. The number of nitrogens with zero attached hydrogens (tertiary/aromatic N) is 1. The van der Waals surface area contributed by atoms with Crippen molar-refractivity contribution in [3.8, 4) is 0 Å². The van der Waals surface area contributed by atoms with E-state index >= 15 is 0 Å². The van der Waals surface area contributed by atoms with Gasteiger partial charge in [-0.05, 0) is 41.7 Å². The highest BCUT2D eigenvalue weighted by Gasteiger charge is 2.30. The molecule has 35 heavy (non-hydrogen) atoms. The normalized spacial score (nSPS) is 11.8. The number of aryl methyl sites for hydroxylation is 1. The molecule has 0 spiro atoms. The number of nitrogens with one attached hydrogen (secondary N) is 1. The van der Waals surface area contributed by atoms with E-state index in [1.165, 1.54) is 0 Å². The van der Waals surface area contributed by atoms with Gasteiger partial charge in [0.2, 0.25) is 11.8 Å². The Balaban J connectivity index is 1.97. The fourth-order valence-corrected chi connectivity index (χ4v) is 4.23. The average molecular weight is 511 g/mol. The molecule has 0 radical (unpaired) electrons. The molecule has 3 aromatic carbocycles. The molecule has 6 heteroatoms. The highest BCUT2D eigenvalue weighted by Crippen LogP contribution is 2.24. The van der Waals surface area contributed by atoms with Crippen molar-refractivity contribution in [1.29, 1.82) is 0 Å². The van der Waals surface area contributed by atoms with Crippen molar-refractivity contribution in [2.75, 3.05) is 6.54 Å². The van der Waals surface area contributed by atoms with Gasteiger partial charge in [-0.15, -0.1) is 0 Å². The van der Waals surface area contributed by atoms with Gasteiger partial charge in [0.25, 0.3) is 0 Å². The molecule has 0 fully saturated rings. The van der Waals surface area contributed by atoms with Crippen LogP contribution in [0.2, 0.25) is 10.0 Å². The first kappa shape index (κ1) is 26.8. The van der Waals surface area contributed by atoms with Crippen LogP contribution < -0.4 is 5.32 Å². The summed E-state index contributed by atoms with van der Waals surface area (Å²) in [6.45, 7) is 6.87. The van der Waals surface area contributed by atoms with Crippen LogP contribution >= 0.6 is 23.2 Å². The maximum absolute atomic E-state index is 13.7. The van der Waals surface area contributed by atoms with E-state index < -0.39 is 6.04 Å². The van der Waals surface area contributed by atoms with Gasteiger partial charge in [-0.2, -0.15) is 0 Å². The van der Waals surface area contributed by atoms with Crippen LogP contribution in [-0.2, 0) is 29.0 Å². The fourth-order valence-electron chi connectivity index (χ4n) is 3.91. The van der Waals surface area contributed by atoms with Crippen LogP contribution in [0.3, 0.4) is 0 Å². The topological polar surface area (TPSA) is 49.4 Å². The van der Waals surface area contributed by atoms with Crippen LogP contribution in [-0.4, -0.2) is 29.3 Å². The first-order chi connectivity index (χ1) is 16.7. The van der Waals surface area contributed by atoms with Gasteiger partial charge in [0.05, 0.1) is 16.5 Å². The van der Waals surface area contributed by atoms with E-state index in [-0.39, 0.29) is 24.8 Å². The van der Waals surface area contributed by atoms with Crippen molar-refractivity contribution in [3.05, 3.63) is 105 Å². The lowest BCUT2D eigenvalue weighted by molar-refractivity contribution is -0.140.